The molecule has 0 aliphatic carbocycles. The standard InChI is InChI=1S/C15H24N2O/c1-3-17-9-10-18-15(12-17)11-16-13(2)14-7-5-4-6-8-14/h4-8,13,15-16H,3,9-12H2,1-2H3/t13-,15?/m0/s1. The first-order chi connectivity index (χ1) is 8.79. The van der Waals surface area contributed by atoms with Gasteiger partial charge in [0, 0.05) is 25.7 Å². The topological polar surface area (TPSA) is 24.5 Å². The summed E-state index contributed by atoms with van der Waals surface area (Å²) >= 11 is 0. The van der Waals surface area contributed by atoms with Gasteiger partial charge in [0.25, 0.3) is 0 Å². The molecule has 1 fully saturated rings. The van der Waals surface area contributed by atoms with Crippen molar-refractivity contribution in [1.82, 2.24) is 10.2 Å². The van der Waals surface area contributed by atoms with Crippen LogP contribution in [0.5, 0.6) is 0 Å². The summed E-state index contributed by atoms with van der Waals surface area (Å²) in [5.41, 5.74) is 1.33. The third kappa shape index (κ3) is 3.80. The number of morpholine rings is 1. The minimum Gasteiger partial charge on any atom is -0.374 e. The molecule has 0 radical (unpaired) electrons. The predicted octanol–water partition coefficient (Wildman–Crippen LogP) is 2.06. The van der Waals surface area contributed by atoms with Gasteiger partial charge in [-0.1, -0.05) is 37.3 Å². The van der Waals surface area contributed by atoms with Crippen LogP contribution in [0.3, 0.4) is 0 Å². The van der Waals surface area contributed by atoms with Crippen LogP contribution < -0.4 is 5.32 Å². The molecule has 18 heavy (non-hydrogen) atoms. The van der Waals surface area contributed by atoms with Crippen molar-refractivity contribution < 1.29 is 4.74 Å². The van der Waals surface area contributed by atoms with Crippen molar-refractivity contribution in [3.05, 3.63) is 35.9 Å². The first-order valence-corrected chi connectivity index (χ1v) is 6.92. The molecule has 1 N–H and O–H groups in total. The van der Waals surface area contributed by atoms with Gasteiger partial charge in [-0.25, -0.2) is 0 Å². The minimum atomic E-state index is 0.324. The normalized spacial score (nSPS) is 22.9. The van der Waals surface area contributed by atoms with Gasteiger partial charge in [0.05, 0.1) is 12.7 Å². The van der Waals surface area contributed by atoms with Crippen molar-refractivity contribution in [1.29, 1.82) is 0 Å². The Labute approximate surface area is 110 Å². The Balaban J connectivity index is 1.77. The molecule has 2 rings (SSSR count). The number of nitrogens with one attached hydrogen (secondary N) is 1. The van der Waals surface area contributed by atoms with E-state index in [4.69, 9.17) is 4.74 Å². The fourth-order valence-corrected chi connectivity index (χ4v) is 2.36. The Morgan fingerprint density at radius 2 is 2.17 bits per heavy atom. The van der Waals surface area contributed by atoms with E-state index in [1.165, 1.54) is 5.56 Å². The molecule has 1 aliphatic heterocycles. The molecule has 1 heterocycles. The van der Waals surface area contributed by atoms with Crippen molar-refractivity contribution in [3.8, 4) is 0 Å². The first-order valence-electron chi connectivity index (χ1n) is 6.92. The zero-order valence-corrected chi connectivity index (χ0v) is 11.4. The minimum absolute atomic E-state index is 0.324. The van der Waals surface area contributed by atoms with Crippen LogP contribution in [0.15, 0.2) is 30.3 Å². The van der Waals surface area contributed by atoms with E-state index in [9.17, 15) is 0 Å². The van der Waals surface area contributed by atoms with Crippen LogP contribution in [0.25, 0.3) is 0 Å². The fraction of sp³-hybridized carbons (Fsp3) is 0.600. The van der Waals surface area contributed by atoms with Gasteiger partial charge in [-0.05, 0) is 19.0 Å². The Kier molecular flexibility index (Phi) is 5.17. The van der Waals surface area contributed by atoms with E-state index in [-0.39, 0.29) is 0 Å². The molecule has 0 saturated carbocycles. The summed E-state index contributed by atoms with van der Waals surface area (Å²) in [6, 6.07) is 10.9. The number of hydrogen-bond acceptors (Lipinski definition) is 3. The highest BCUT2D eigenvalue weighted by Crippen LogP contribution is 2.12. The molecule has 0 aromatic heterocycles. The average molecular weight is 248 g/mol. The summed E-state index contributed by atoms with van der Waals surface area (Å²) in [6.45, 7) is 9.44. The summed E-state index contributed by atoms with van der Waals surface area (Å²) in [7, 11) is 0. The maximum Gasteiger partial charge on any atom is 0.0826 e. The highest BCUT2D eigenvalue weighted by molar-refractivity contribution is 5.17. The van der Waals surface area contributed by atoms with Gasteiger partial charge >= 0.3 is 0 Å². The van der Waals surface area contributed by atoms with Crippen LogP contribution in [0.2, 0.25) is 0 Å². The molecule has 3 heteroatoms. The van der Waals surface area contributed by atoms with E-state index in [0.29, 0.717) is 12.1 Å². The molecule has 0 amide bonds. The Bertz CT molecular complexity index is 342. The summed E-state index contributed by atoms with van der Waals surface area (Å²) < 4.78 is 5.79. The Hall–Kier alpha value is -0.900. The second-order valence-electron chi connectivity index (χ2n) is 4.93. The second kappa shape index (κ2) is 6.88. The summed E-state index contributed by atoms with van der Waals surface area (Å²) in [5, 5.41) is 3.56. The number of benzene rings is 1. The lowest BCUT2D eigenvalue weighted by atomic mass is 10.1. The van der Waals surface area contributed by atoms with Crippen LogP contribution in [-0.4, -0.2) is 43.8 Å². The third-order valence-corrected chi connectivity index (χ3v) is 3.62. The number of likely N-dealkylation sites (N-methyl/N-ethyl adjacent to an activating group) is 1. The van der Waals surface area contributed by atoms with Gasteiger partial charge in [-0.15, -0.1) is 0 Å². The van der Waals surface area contributed by atoms with Gasteiger partial charge in [0.1, 0.15) is 0 Å². The zero-order valence-electron chi connectivity index (χ0n) is 11.4. The third-order valence-electron chi connectivity index (χ3n) is 3.62. The second-order valence-corrected chi connectivity index (χ2v) is 4.93. The highest BCUT2D eigenvalue weighted by Gasteiger charge is 2.19. The maximum absolute atomic E-state index is 5.79. The van der Waals surface area contributed by atoms with Crippen LogP contribution in [0.1, 0.15) is 25.5 Å². The predicted molar refractivity (Wildman–Crippen MR) is 74.7 cm³/mol. The molecule has 100 valence electrons. The summed E-state index contributed by atoms with van der Waals surface area (Å²) in [5.74, 6) is 0. The molecular formula is C15H24N2O. The number of rotatable bonds is 5. The summed E-state index contributed by atoms with van der Waals surface area (Å²) in [6.07, 6.45) is 0.324. The van der Waals surface area contributed by atoms with Crippen molar-refractivity contribution >= 4 is 0 Å². The Morgan fingerprint density at radius 3 is 2.89 bits per heavy atom. The molecule has 1 aromatic carbocycles. The molecule has 1 unspecified atom stereocenters. The van der Waals surface area contributed by atoms with Gasteiger partial charge in [-0.2, -0.15) is 0 Å². The molecular weight excluding hydrogens is 224 g/mol. The Morgan fingerprint density at radius 1 is 1.39 bits per heavy atom. The van der Waals surface area contributed by atoms with Gasteiger partial charge in [0.15, 0.2) is 0 Å². The lowest BCUT2D eigenvalue weighted by Gasteiger charge is -2.32. The van der Waals surface area contributed by atoms with E-state index in [1.807, 2.05) is 0 Å². The zero-order chi connectivity index (χ0) is 12.8. The van der Waals surface area contributed by atoms with Gasteiger partial charge in [-0.3, -0.25) is 4.90 Å². The molecule has 1 aliphatic rings. The fourth-order valence-electron chi connectivity index (χ4n) is 2.36. The van der Waals surface area contributed by atoms with Crippen LogP contribution in [0.4, 0.5) is 0 Å². The lowest BCUT2D eigenvalue weighted by Crippen LogP contribution is -2.46. The quantitative estimate of drug-likeness (QED) is 0.863. The van der Waals surface area contributed by atoms with Crippen LogP contribution in [0, 0.1) is 0 Å². The molecule has 3 nitrogen and oxygen atoms in total. The molecule has 0 spiro atoms. The van der Waals surface area contributed by atoms with E-state index in [2.05, 4.69) is 54.4 Å². The van der Waals surface area contributed by atoms with Gasteiger partial charge in [0.2, 0.25) is 0 Å². The van der Waals surface area contributed by atoms with E-state index in [0.717, 1.165) is 32.8 Å². The van der Waals surface area contributed by atoms with E-state index >= 15 is 0 Å². The smallest absolute Gasteiger partial charge is 0.0826 e. The average Bonchev–Trinajstić information content (AvgIpc) is 2.46. The first kappa shape index (κ1) is 13.5. The largest absolute Gasteiger partial charge is 0.374 e. The van der Waals surface area contributed by atoms with E-state index in [1.54, 1.807) is 0 Å². The molecule has 2 atom stereocenters. The van der Waals surface area contributed by atoms with Crippen molar-refractivity contribution in [2.75, 3.05) is 32.8 Å². The number of ether oxygens (including phenoxy) is 1. The monoisotopic (exact) mass is 248 g/mol. The molecule has 0 bridgehead atoms. The SMILES string of the molecule is CCN1CCOC(CN[C@@H](C)c2ccccc2)C1. The van der Waals surface area contributed by atoms with Crippen molar-refractivity contribution in [2.45, 2.75) is 26.0 Å². The maximum atomic E-state index is 5.79. The lowest BCUT2D eigenvalue weighted by molar-refractivity contribution is -0.0261. The van der Waals surface area contributed by atoms with Gasteiger partial charge < -0.3 is 10.1 Å². The van der Waals surface area contributed by atoms with Crippen molar-refractivity contribution in [2.24, 2.45) is 0 Å². The summed E-state index contributed by atoms with van der Waals surface area (Å²) in [4.78, 5) is 2.45. The number of nitrogens with zero attached hydrogens (tertiary/aromatic N) is 1. The number of hydrogen-bond donors (Lipinski definition) is 1. The molecule has 1 saturated heterocycles. The highest BCUT2D eigenvalue weighted by atomic mass is 16.5. The van der Waals surface area contributed by atoms with Crippen LogP contribution >= 0.6 is 0 Å². The van der Waals surface area contributed by atoms with Crippen LogP contribution in [-0.2, 0) is 4.74 Å². The molecule has 1 aromatic rings. The van der Waals surface area contributed by atoms with Crippen molar-refractivity contribution in [3.63, 3.8) is 0 Å². The van der Waals surface area contributed by atoms with E-state index < -0.39 is 0 Å².